The maximum absolute atomic E-state index is 10.9. The molecule has 98 valence electrons. The van der Waals surface area contributed by atoms with E-state index in [1.165, 1.54) is 17.3 Å². The lowest BCUT2D eigenvalue weighted by atomic mass is 9.98. The van der Waals surface area contributed by atoms with Gasteiger partial charge in [-0.25, -0.2) is 14.8 Å². The van der Waals surface area contributed by atoms with Crippen molar-refractivity contribution in [1.29, 1.82) is 0 Å². The summed E-state index contributed by atoms with van der Waals surface area (Å²) in [7, 11) is 0. The molecular weight excluding hydrogens is 242 g/mol. The van der Waals surface area contributed by atoms with Crippen LogP contribution in [0.4, 0.5) is 5.82 Å². The normalized spacial score (nSPS) is 10.5. The van der Waals surface area contributed by atoms with Gasteiger partial charge in [0, 0.05) is 11.8 Å². The van der Waals surface area contributed by atoms with Crippen molar-refractivity contribution in [2.75, 3.05) is 5.73 Å². The molecule has 0 aliphatic carbocycles. The van der Waals surface area contributed by atoms with Crippen molar-refractivity contribution < 1.29 is 9.90 Å². The predicted molar refractivity (Wildman–Crippen MR) is 73.1 cm³/mol. The van der Waals surface area contributed by atoms with Crippen molar-refractivity contribution in [3.05, 3.63) is 40.6 Å². The van der Waals surface area contributed by atoms with E-state index in [-0.39, 0.29) is 11.4 Å². The second-order valence-electron chi connectivity index (χ2n) is 4.48. The Morgan fingerprint density at radius 3 is 2.47 bits per heavy atom. The molecule has 5 heteroatoms. The summed E-state index contributed by atoms with van der Waals surface area (Å²) in [6.45, 7) is 6.06. The van der Waals surface area contributed by atoms with Crippen LogP contribution in [0.25, 0.3) is 11.4 Å². The molecule has 2 aromatic rings. The van der Waals surface area contributed by atoms with Gasteiger partial charge in [-0.05, 0) is 37.5 Å². The zero-order chi connectivity index (χ0) is 14.2. The van der Waals surface area contributed by atoms with Crippen molar-refractivity contribution in [1.82, 2.24) is 9.97 Å². The van der Waals surface area contributed by atoms with E-state index >= 15 is 0 Å². The SMILES string of the molecule is Cc1ccc(-c2ncc(C(=O)O)c(N)n2)c(C)c1C. The number of nitrogens with two attached hydrogens (primary N) is 1. The number of hydrogen-bond acceptors (Lipinski definition) is 4. The van der Waals surface area contributed by atoms with E-state index in [0.717, 1.165) is 11.1 Å². The van der Waals surface area contributed by atoms with E-state index < -0.39 is 5.97 Å². The van der Waals surface area contributed by atoms with Gasteiger partial charge in [-0.1, -0.05) is 12.1 Å². The first-order chi connectivity index (χ1) is 8.91. The Labute approximate surface area is 111 Å². The van der Waals surface area contributed by atoms with Crippen LogP contribution in [0.3, 0.4) is 0 Å². The van der Waals surface area contributed by atoms with Crippen LogP contribution in [0.15, 0.2) is 18.3 Å². The number of nitrogen functional groups attached to an aromatic ring is 1. The number of aryl methyl sites for hydroxylation is 1. The Balaban J connectivity index is 2.58. The van der Waals surface area contributed by atoms with Gasteiger partial charge >= 0.3 is 5.97 Å². The smallest absolute Gasteiger partial charge is 0.341 e. The number of carboxylic acid groups (broad SMARTS) is 1. The van der Waals surface area contributed by atoms with Crippen molar-refractivity contribution in [3.8, 4) is 11.4 Å². The van der Waals surface area contributed by atoms with Crippen LogP contribution in [0, 0.1) is 20.8 Å². The average molecular weight is 257 g/mol. The van der Waals surface area contributed by atoms with Crippen LogP contribution in [-0.2, 0) is 0 Å². The first-order valence-corrected chi connectivity index (χ1v) is 5.84. The van der Waals surface area contributed by atoms with Crippen LogP contribution in [0.1, 0.15) is 27.0 Å². The van der Waals surface area contributed by atoms with Crippen molar-refractivity contribution in [3.63, 3.8) is 0 Å². The maximum Gasteiger partial charge on any atom is 0.341 e. The summed E-state index contributed by atoms with van der Waals surface area (Å²) in [6, 6.07) is 3.91. The summed E-state index contributed by atoms with van der Waals surface area (Å²) < 4.78 is 0. The lowest BCUT2D eigenvalue weighted by molar-refractivity contribution is 0.0697. The van der Waals surface area contributed by atoms with Crippen molar-refractivity contribution >= 4 is 11.8 Å². The first kappa shape index (κ1) is 13.0. The fourth-order valence-electron chi connectivity index (χ4n) is 1.89. The number of benzene rings is 1. The van der Waals surface area contributed by atoms with E-state index in [1.54, 1.807) is 0 Å². The molecule has 0 fully saturated rings. The highest BCUT2D eigenvalue weighted by Crippen LogP contribution is 2.25. The van der Waals surface area contributed by atoms with Gasteiger partial charge in [0.1, 0.15) is 11.4 Å². The van der Waals surface area contributed by atoms with Gasteiger partial charge in [0.15, 0.2) is 5.82 Å². The van der Waals surface area contributed by atoms with E-state index in [9.17, 15) is 4.79 Å². The van der Waals surface area contributed by atoms with Gasteiger partial charge in [-0.15, -0.1) is 0 Å². The Morgan fingerprint density at radius 1 is 1.21 bits per heavy atom. The molecule has 0 bridgehead atoms. The molecule has 0 saturated carbocycles. The third-order valence-corrected chi connectivity index (χ3v) is 3.35. The Hall–Kier alpha value is -2.43. The lowest BCUT2D eigenvalue weighted by Gasteiger charge is -2.10. The standard InChI is InChI=1S/C14H15N3O2/c1-7-4-5-10(9(3)8(7)2)13-16-6-11(14(18)19)12(15)17-13/h4-6H,1-3H3,(H,18,19)(H2,15,16,17). The minimum atomic E-state index is -1.12. The molecule has 1 aromatic heterocycles. The molecule has 0 amide bonds. The summed E-state index contributed by atoms with van der Waals surface area (Å²) in [5, 5.41) is 8.90. The number of aromatic carboxylic acids is 1. The van der Waals surface area contributed by atoms with Crippen molar-refractivity contribution in [2.45, 2.75) is 20.8 Å². The molecule has 1 heterocycles. The minimum absolute atomic E-state index is 0.0184. The summed E-state index contributed by atoms with van der Waals surface area (Å²) in [4.78, 5) is 19.0. The van der Waals surface area contributed by atoms with Crippen molar-refractivity contribution in [2.24, 2.45) is 0 Å². The molecule has 0 spiro atoms. The zero-order valence-corrected chi connectivity index (χ0v) is 11.1. The second-order valence-corrected chi connectivity index (χ2v) is 4.48. The quantitative estimate of drug-likeness (QED) is 0.862. The highest BCUT2D eigenvalue weighted by molar-refractivity contribution is 5.92. The molecule has 0 radical (unpaired) electrons. The van der Waals surface area contributed by atoms with E-state index in [2.05, 4.69) is 9.97 Å². The van der Waals surface area contributed by atoms with Crippen LogP contribution in [-0.4, -0.2) is 21.0 Å². The van der Waals surface area contributed by atoms with Gasteiger partial charge < -0.3 is 10.8 Å². The Morgan fingerprint density at radius 2 is 1.89 bits per heavy atom. The molecular formula is C14H15N3O2. The molecule has 0 unspecified atom stereocenters. The lowest BCUT2D eigenvalue weighted by Crippen LogP contribution is -2.07. The topological polar surface area (TPSA) is 89.1 Å². The number of hydrogen-bond donors (Lipinski definition) is 2. The molecule has 2 rings (SSSR count). The van der Waals surface area contributed by atoms with Crippen LogP contribution in [0.5, 0.6) is 0 Å². The zero-order valence-electron chi connectivity index (χ0n) is 11.1. The third kappa shape index (κ3) is 2.27. The van der Waals surface area contributed by atoms with E-state index in [0.29, 0.717) is 5.82 Å². The predicted octanol–water partition coefficient (Wildman–Crippen LogP) is 2.35. The molecule has 0 aliphatic rings. The minimum Gasteiger partial charge on any atom is -0.477 e. The third-order valence-electron chi connectivity index (χ3n) is 3.35. The molecule has 0 saturated heterocycles. The maximum atomic E-state index is 10.9. The van der Waals surface area contributed by atoms with E-state index in [4.69, 9.17) is 10.8 Å². The van der Waals surface area contributed by atoms with Crippen LogP contribution in [0.2, 0.25) is 0 Å². The molecule has 19 heavy (non-hydrogen) atoms. The van der Waals surface area contributed by atoms with Gasteiger partial charge in [0.25, 0.3) is 0 Å². The van der Waals surface area contributed by atoms with Gasteiger partial charge in [-0.3, -0.25) is 0 Å². The Bertz CT molecular complexity index is 666. The van der Waals surface area contributed by atoms with Gasteiger partial charge in [0.2, 0.25) is 0 Å². The highest BCUT2D eigenvalue weighted by Gasteiger charge is 2.14. The molecule has 5 nitrogen and oxygen atoms in total. The largest absolute Gasteiger partial charge is 0.477 e. The average Bonchev–Trinajstić information content (AvgIpc) is 2.35. The molecule has 0 atom stereocenters. The summed E-state index contributed by atoms with van der Waals surface area (Å²) in [5.74, 6) is -0.695. The summed E-state index contributed by atoms with van der Waals surface area (Å²) in [5.41, 5.74) is 9.87. The number of carboxylic acids is 1. The van der Waals surface area contributed by atoms with Crippen LogP contribution < -0.4 is 5.73 Å². The van der Waals surface area contributed by atoms with E-state index in [1.807, 2.05) is 32.9 Å². The molecule has 0 aliphatic heterocycles. The summed E-state index contributed by atoms with van der Waals surface area (Å²) in [6.07, 6.45) is 1.24. The number of aromatic nitrogens is 2. The fraction of sp³-hybridized carbons (Fsp3) is 0.214. The molecule has 1 aromatic carbocycles. The number of rotatable bonds is 2. The van der Waals surface area contributed by atoms with Gasteiger partial charge in [0.05, 0.1) is 0 Å². The van der Waals surface area contributed by atoms with Gasteiger partial charge in [-0.2, -0.15) is 0 Å². The number of carbonyl (C=O) groups is 1. The molecule has 3 N–H and O–H groups in total. The first-order valence-electron chi connectivity index (χ1n) is 5.84. The fourth-order valence-corrected chi connectivity index (χ4v) is 1.89. The Kier molecular flexibility index (Phi) is 3.21. The second kappa shape index (κ2) is 4.68. The summed E-state index contributed by atoms with van der Waals surface area (Å²) >= 11 is 0. The number of anilines is 1. The van der Waals surface area contributed by atoms with Crippen LogP contribution >= 0.6 is 0 Å². The number of nitrogens with zero attached hydrogens (tertiary/aromatic N) is 2. The highest BCUT2D eigenvalue weighted by atomic mass is 16.4. The monoisotopic (exact) mass is 257 g/mol.